The second-order valence-corrected chi connectivity index (χ2v) is 5.91. The second kappa shape index (κ2) is 9.11. The van der Waals surface area contributed by atoms with Crippen LogP contribution >= 0.6 is 0 Å². The van der Waals surface area contributed by atoms with Gasteiger partial charge in [0.05, 0.1) is 0 Å². The number of benzene rings is 2. The van der Waals surface area contributed by atoms with Gasteiger partial charge in [0, 0.05) is 24.9 Å². The van der Waals surface area contributed by atoms with E-state index in [4.69, 9.17) is 0 Å². The average molecular weight is 310 g/mol. The Balaban J connectivity index is 2.01. The molecule has 0 aliphatic rings. The first-order valence-electron chi connectivity index (χ1n) is 8.24. The van der Waals surface area contributed by atoms with E-state index >= 15 is 0 Å². The summed E-state index contributed by atoms with van der Waals surface area (Å²) in [6.07, 6.45) is 0.895. The van der Waals surface area contributed by atoms with Crippen LogP contribution in [0.5, 0.6) is 0 Å². The lowest BCUT2D eigenvalue weighted by atomic mass is 9.88. The molecule has 1 unspecified atom stereocenters. The summed E-state index contributed by atoms with van der Waals surface area (Å²) in [4.78, 5) is 12.0. The number of amides is 1. The fourth-order valence-electron chi connectivity index (χ4n) is 2.81. The zero-order chi connectivity index (χ0) is 16.5. The van der Waals surface area contributed by atoms with Gasteiger partial charge in [-0.2, -0.15) is 0 Å². The predicted molar refractivity (Wildman–Crippen MR) is 95.4 cm³/mol. The molecule has 23 heavy (non-hydrogen) atoms. The van der Waals surface area contributed by atoms with Gasteiger partial charge in [0.1, 0.15) is 0 Å². The van der Waals surface area contributed by atoms with Crippen molar-refractivity contribution in [3.8, 4) is 0 Å². The van der Waals surface area contributed by atoms with Crippen molar-refractivity contribution >= 4 is 5.91 Å². The molecule has 1 atom stereocenters. The Hall–Kier alpha value is -2.13. The van der Waals surface area contributed by atoms with Gasteiger partial charge in [-0.3, -0.25) is 4.79 Å². The highest BCUT2D eigenvalue weighted by Gasteiger charge is 2.15. The summed E-state index contributed by atoms with van der Waals surface area (Å²) in [6, 6.07) is 21.0. The topological polar surface area (TPSA) is 41.1 Å². The van der Waals surface area contributed by atoms with Crippen LogP contribution in [-0.2, 0) is 4.79 Å². The number of nitrogens with one attached hydrogen (secondary N) is 2. The summed E-state index contributed by atoms with van der Waals surface area (Å²) in [6.45, 7) is 3.33. The zero-order valence-electron chi connectivity index (χ0n) is 14.0. The van der Waals surface area contributed by atoms with E-state index in [9.17, 15) is 4.79 Å². The van der Waals surface area contributed by atoms with E-state index < -0.39 is 0 Å². The first-order valence-corrected chi connectivity index (χ1v) is 8.24. The maximum atomic E-state index is 12.0. The van der Waals surface area contributed by atoms with Crippen LogP contribution in [0.4, 0.5) is 0 Å². The van der Waals surface area contributed by atoms with Crippen molar-refractivity contribution in [2.24, 2.45) is 5.92 Å². The van der Waals surface area contributed by atoms with Gasteiger partial charge in [-0.1, -0.05) is 67.6 Å². The molecule has 0 bridgehead atoms. The number of rotatable bonds is 8. The summed E-state index contributed by atoms with van der Waals surface area (Å²) < 4.78 is 0. The monoisotopic (exact) mass is 310 g/mol. The van der Waals surface area contributed by atoms with E-state index in [1.165, 1.54) is 11.1 Å². The van der Waals surface area contributed by atoms with Crippen molar-refractivity contribution in [2.45, 2.75) is 19.3 Å². The first kappa shape index (κ1) is 17.2. The fraction of sp³-hybridized carbons (Fsp3) is 0.350. The van der Waals surface area contributed by atoms with Crippen LogP contribution in [0.2, 0.25) is 0 Å². The van der Waals surface area contributed by atoms with Gasteiger partial charge in [0.15, 0.2) is 0 Å². The Labute approximate surface area is 139 Å². The molecule has 3 heteroatoms. The van der Waals surface area contributed by atoms with Gasteiger partial charge >= 0.3 is 0 Å². The largest absolute Gasteiger partial charge is 0.356 e. The summed E-state index contributed by atoms with van der Waals surface area (Å²) in [5, 5.41) is 6.10. The van der Waals surface area contributed by atoms with Crippen LogP contribution in [0.1, 0.15) is 30.4 Å². The second-order valence-electron chi connectivity index (χ2n) is 5.91. The minimum Gasteiger partial charge on any atom is -0.356 e. The maximum absolute atomic E-state index is 12.0. The van der Waals surface area contributed by atoms with Gasteiger partial charge in [-0.05, 0) is 24.6 Å². The Morgan fingerprint density at radius 1 is 0.957 bits per heavy atom. The van der Waals surface area contributed by atoms with Gasteiger partial charge in [0.2, 0.25) is 5.91 Å². The summed E-state index contributed by atoms with van der Waals surface area (Å²) >= 11 is 0. The molecule has 0 radical (unpaired) electrons. The molecule has 0 saturated heterocycles. The maximum Gasteiger partial charge on any atom is 0.224 e. The highest BCUT2D eigenvalue weighted by molar-refractivity contribution is 5.78. The van der Waals surface area contributed by atoms with Crippen molar-refractivity contribution in [3.05, 3.63) is 71.8 Å². The van der Waals surface area contributed by atoms with Crippen molar-refractivity contribution in [1.29, 1.82) is 0 Å². The lowest BCUT2D eigenvalue weighted by molar-refractivity contribution is -0.124. The van der Waals surface area contributed by atoms with Crippen LogP contribution in [0.15, 0.2) is 60.7 Å². The molecule has 122 valence electrons. The van der Waals surface area contributed by atoms with Crippen LogP contribution in [-0.4, -0.2) is 26.0 Å². The minimum atomic E-state index is -0.00750. The van der Waals surface area contributed by atoms with E-state index in [1.54, 1.807) is 0 Å². The predicted octanol–water partition coefficient (Wildman–Crippen LogP) is 3.18. The van der Waals surface area contributed by atoms with Crippen LogP contribution in [0, 0.1) is 5.92 Å². The lowest BCUT2D eigenvalue weighted by Gasteiger charge is -2.19. The molecule has 0 fully saturated rings. The summed E-state index contributed by atoms with van der Waals surface area (Å²) in [5.41, 5.74) is 2.58. The van der Waals surface area contributed by atoms with E-state index in [2.05, 4.69) is 59.2 Å². The SMILES string of the molecule is CNCC(C)C(=O)NCCC(c1ccccc1)c1ccccc1. The minimum absolute atomic E-state index is 0.00750. The zero-order valence-corrected chi connectivity index (χ0v) is 14.0. The molecule has 2 N–H and O–H groups in total. The van der Waals surface area contributed by atoms with Crippen LogP contribution in [0.3, 0.4) is 0 Å². The van der Waals surface area contributed by atoms with Gasteiger partial charge in [-0.15, -0.1) is 0 Å². The molecule has 2 rings (SSSR count). The van der Waals surface area contributed by atoms with Gasteiger partial charge in [-0.25, -0.2) is 0 Å². The number of hydrogen-bond acceptors (Lipinski definition) is 2. The number of carbonyl (C=O) groups is 1. The van der Waals surface area contributed by atoms with Crippen molar-refractivity contribution < 1.29 is 4.79 Å². The van der Waals surface area contributed by atoms with Crippen molar-refractivity contribution in [1.82, 2.24) is 10.6 Å². The molecule has 0 spiro atoms. The van der Waals surface area contributed by atoms with E-state index in [0.717, 1.165) is 6.42 Å². The third kappa shape index (κ3) is 5.22. The third-order valence-corrected chi connectivity index (χ3v) is 4.09. The highest BCUT2D eigenvalue weighted by Crippen LogP contribution is 2.27. The Kier molecular flexibility index (Phi) is 6.82. The molecular formula is C20H26N2O. The van der Waals surface area contributed by atoms with E-state index in [1.807, 2.05) is 26.1 Å². The molecular weight excluding hydrogens is 284 g/mol. The van der Waals surface area contributed by atoms with Crippen molar-refractivity contribution in [2.75, 3.05) is 20.1 Å². The molecule has 1 amide bonds. The summed E-state index contributed by atoms with van der Waals surface area (Å²) in [5.74, 6) is 0.406. The van der Waals surface area contributed by atoms with Crippen molar-refractivity contribution in [3.63, 3.8) is 0 Å². The quantitative estimate of drug-likeness (QED) is 0.786. The van der Waals surface area contributed by atoms with Crippen LogP contribution in [0.25, 0.3) is 0 Å². The standard InChI is InChI=1S/C20H26N2O/c1-16(15-21-2)20(23)22-14-13-19(17-9-5-3-6-10-17)18-11-7-4-8-12-18/h3-12,16,19,21H,13-15H2,1-2H3,(H,22,23). The summed E-state index contributed by atoms with van der Waals surface area (Å²) in [7, 11) is 1.87. The third-order valence-electron chi connectivity index (χ3n) is 4.09. The molecule has 3 nitrogen and oxygen atoms in total. The Morgan fingerprint density at radius 3 is 1.96 bits per heavy atom. The average Bonchev–Trinajstić information content (AvgIpc) is 2.60. The molecule has 0 heterocycles. The lowest BCUT2D eigenvalue weighted by Crippen LogP contribution is -2.35. The number of hydrogen-bond donors (Lipinski definition) is 2. The molecule has 0 aliphatic heterocycles. The molecule has 2 aromatic rings. The number of carbonyl (C=O) groups excluding carboxylic acids is 1. The van der Waals surface area contributed by atoms with Crippen LogP contribution < -0.4 is 10.6 Å². The van der Waals surface area contributed by atoms with Gasteiger partial charge in [0.25, 0.3) is 0 Å². The first-order chi connectivity index (χ1) is 11.2. The fourth-order valence-corrected chi connectivity index (χ4v) is 2.81. The Bertz CT molecular complexity index is 544. The smallest absolute Gasteiger partial charge is 0.224 e. The highest BCUT2D eigenvalue weighted by atomic mass is 16.1. The molecule has 0 aromatic heterocycles. The molecule has 0 aliphatic carbocycles. The van der Waals surface area contributed by atoms with Gasteiger partial charge < -0.3 is 10.6 Å². The normalized spacial score (nSPS) is 12.1. The molecule has 2 aromatic carbocycles. The molecule has 0 saturated carbocycles. The van der Waals surface area contributed by atoms with E-state index in [0.29, 0.717) is 19.0 Å². The van der Waals surface area contributed by atoms with E-state index in [-0.39, 0.29) is 11.8 Å². The Morgan fingerprint density at radius 2 is 1.48 bits per heavy atom.